The molecule has 0 amide bonds. The Bertz CT molecular complexity index is 691. The van der Waals surface area contributed by atoms with Crippen molar-refractivity contribution in [1.29, 1.82) is 0 Å². The van der Waals surface area contributed by atoms with Crippen LogP contribution in [0.3, 0.4) is 0 Å². The molecule has 6 nitrogen and oxygen atoms in total. The van der Waals surface area contributed by atoms with Gasteiger partial charge in [-0.3, -0.25) is 0 Å². The third-order valence-corrected chi connectivity index (χ3v) is 4.23. The van der Waals surface area contributed by atoms with Crippen molar-refractivity contribution >= 4 is 41.3 Å². The molecule has 0 spiro atoms. The molecular weight excluding hydrogens is 451 g/mol. The lowest BCUT2D eigenvalue weighted by atomic mass is 10.1. The topological polar surface area (TPSA) is 78.8 Å². The Morgan fingerprint density at radius 2 is 2.16 bits per heavy atom. The molecule has 0 fully saturated rings. The van der Waals surface area contributed by atoms with E-state index in [1.807, 2.05) is 32.2 Å². The summed E-state index contributed by atoms with van der Waals surface area (Å²) in [7, 11) is 1.55. The number of benzene rings is 1. The maximum atomic E-state index is 9.62. The molecule has 0 saturated carbocycles. The number of aromatic nitrogens is 1. The molecule has 3 N–H and O–H groups in total. The van der Waals surface area contributed by atoms with Crippen molar-refractivity contribution in [3.05, 3.63) is 39.8 Å². The number of nitrogens with zero attached hydrogens (tertiary/aromatic N) is 2. The molecule has 0 aliphatic heterocycles. The van der Waals surface area contributed by atoms with Gasteiger partial charge >= 0.3 is 0 Å². The summed E-state index contributed by atoms with van der Waals surface area (Å²) in [6.45, 7) is 6.18. The summed E-state index contributed by atoms with van der Waals surface area (Å²) >= 11 is 1.66. The van der Waals surface area contributed by atoms with Crippen molar-refractivity contribution in [2.24, 2.45) is 4.99 Å². The largest absolute Gasteiger partial charge is 0.504 e. The molecule has 0 atom stereocenters. The zero-order valence-corrected chi connectivity index (χ0v) is 17.9. The predicted molar refractivity (Wildman–Crippen MR) is 113 cm³/mol. The van der Waals surface area contributed by atoms with Gasteiger partial charge in [0.1, 0.15) is 5.01 Å². The number of phenols is 1. The van der Waals surface area contributed by atoms with Crippen LogP contribution in [0.15, 0.2) is 29.4 Å². The molecule has 2 rings (SSSR count). The Morgan fingerprint density at radius 1 is 1.36 bits per heavy atom. The smallest absolute Gasteiger partial charge is 0.191 e. The van der Waals surface area contributed by atoms with Gasteiger partial charge in [-0.15, -0.1) is 35.3 Å². The van der Waals surface area contributed by atoms with Crippen molar-refractivity contribution in [2.45, 2.75) is 26.8 Å². The van der Waals surface area contributed by atoms with Gasteiger partial charge in [0, 0.05) is 24.2 Å². The zero-order chi connectivity index (χ0) is 17.4. The zero-order valence-electron chi connectivity index (χ0n) is 14.7. The number of aliphatic imine (C=N–C) groups is 1. The Labute approximate surface area is 169 Å². The predicted octanol–water partition coefficient (Wildman–Crippen LogP) is 3.08. The lowest BCUT2D eigenvalue weighted by Crippen LogP contribution is -2.38. The van der Waals surface area contributed by atoms with E-state index in [9.17, 15) is 5.11 Å². The first-order chi connectivity index (χ1) is 11.6. The van der Waals surface area contributed by atoms with Crippen molar-refractivity contribution < 1.29 is 9.84 Å². The second-order valence-corrected chi connectivity index (χ2v) is 6.56. The van der Waals surface area contributed by atoms with Gasteiger partial charge in [-0.25, -0.2) is 9.98 Å². The molecule has 0 radical (unpaired) electrons. The van der Waals surface area contributed by atoms with Crippen molar-refractivity contribution in [1.82, 2.24) is 15.6 Å². The highest BCUT2D eigenvalue weighted by atomic mass is 127. The third kappa shape index (κ3) is 7.07. The second-order valence-electron chi connectivity index (χ2n) is 5.24. The van der Waals surface area contributed by atoms with Crippen LogP contribution in [-0.2, 0) is 13.0 Å². The fraction of sp³-hybridized carbons (Fsp3) is 0.412. The highest BCUT2D eigenvalue weighted by Crippen LogP contribution is 2.26. The normalized spacial score (nSPS) is 10.9. The SMILES string of the molecule is CCNC(=NCc1ncc(C)s1)NCCc1ccc(O)c(OC)c1.I. The van der Waals surface area contributed by atoms with E-state index in [4.69, 9.17) is 4.74 Å². The molecule has 2 aromatic rings. The summed E-state index contributed by atoms with van der Waals surface area (Å²) in [5, 5.41) is 17.2. The van der Waals surface area contributed by atoms with Crippen LogP contribution in [0.4, 0.5) is 0 Å². The number of rotatable bonds is 7. The van der Waals surface area contributed by atoms with Gasteiger partial charge in [-0.2, -0.15) is 0 Å². The van der Waals surface area contributed by atoms with E-state index in [-0.39, 0.29) is 29.7 Å². The number of halogens is 1. The van der Waals surface area contributed by atoms with E-state index >= 15 is 0 Å². The summed E-state index contributed by atoms with van der Waals surface area (Å²) in [4.78, 5) is 10.1. The lowest BCUT2D eigenvalue weighted by molar-refractivity contribution is 0.373. The molecule has 0 unspecified atom stereocenters. The van der Waals surface area contributed by atoms with Crippen molar-refractivity contribution in [3.63, 3.8) is 0 Å². The quantitative estimate of drug-likeness (QED) is 0.325. The standard InChI is InChI=1S/C17H24N4O2S.HI/c1-4-18-17(21-11-16-20-10-12(2)24-16)19-8-7-13-5-6-14(22)15(9-13)23-3;/h5-6,9-10,22H,4,7-8,11H2,1-3H3,(H2,18,19,21);1H. The summed E-state index contributed by atoms with van der Waals surface area (Å²) in [6, 6.07) is 5.39. The number of hydrogen-bond donors (Lipinski definition) is 3. The molecule has 1 heterocycles. The van der Waals surface area contributed by atoms with Crippen LogP contribution in [-0.4, -0.2) is 36.2 Å². The van der Waals surface area contributed by atoms with E-state index in [0.717, 1.165) is 36.0 Å². The van der Waals surface area contributed by atoms with Crippen LogP contribution in [0.5, 0.6) is 11.5 Å². The van der Waals surface area contributed by atoms with Crippen molar-refractivity contribution in [3.8, 4) is 11.5 Å². The number of aromatic hydroxyl groups is 1. The fourth-order valence-electron chi connectivity index (χ4n) is 2.17. The number of ether oxygens (including phenoxy) is 1. The van der Waals surface area contributed by atoms with Crippen LogP contribution in [0.25, 0.3) is 0 Å². The maximum Gasteiger partial charge on any atom is 0.191 e. The monoisotopic (exact) mass is 476 g/mol. The molecule has 0 aliphatic carbocycles. The van der Waals surface area contributed by atoms with E-state index in [0.29, 0.717) is 12.3 Å². The van der Waals surface area contributed by atoms with E-state index in [2.05, 4.69) is 20.6 Å². The van der Waals surface area contributed by atoms with Gasteiger partial charge in [0.15, 0.2) is 17.5 Å². The van der Waals surface area contributed by atoms with E-state index in [1.165, 1.54) is 4.88 Å². The molecule has 25 heavy (non-hydrogen) atoms. The van der Waals surface area contributed by atoms with Gasteiger partial charge in [-0.1, -0.05) is 6.07 Å². The molecular formula is C17H25IN4O2S. The lowest BCUT2D eigenvalue weighted by Gasteiger charge is -2.11. The molecule has 1 aromatic heterocycles. The first-order valence-corrected chi connectivity index (χ1v) is 8.73. The third-order valence-electron chi connectivity index (χ3n) is 3.34. The van der Waals surface area contributed by atoms with Crippen LogP contribution >= 0.6 is 35.3 Å². The van der Waals surface area contributed by atoms with Gasteiger partial charge in [0.2, 0.25) is 0 Å². The van der Waals surface area contributed by atoms with Gasteiger partial charge in [0.25, 0.3) is 0 Å². The average molecular weight is 476 g/mol. The van der Waals surface area contributed by atoms with Crippen LogP contribution in [0, 0.1) is 6.92 Å². The summed E-state index contributed by atoms with van der Waals surface area (Å²) in [6.07, 6.45) is 2.67. The number of thiazole rings is 1. The Kier molecular flexibility index (Phi) is 9.58. The first-order valence-electron chi connectivity index (χ1n) is 7.91. The highest BCUT2D eigenvalue weighted by molar-refractivity contribution is 14.0. The molecule has 1 aromatic carbocycles. The minimum absolute atomic E-state index is 0. The number of hydrogen-bond acceptors (Lipinski definition) is 5. The molecule has 0 bridgehead atoms. The van der Waals surface area contributed by atoms with Crippen molar-refractivity contribution in [2.75, 3.05) is 20.2 Å². The maximum absolute atomic E-state index is 9.62. The van der Waals surface area contributed by atoms with Gasteiger partial charge in [-0.05, 0) is 38.0 Å². The Hall–Kier alpha value is -1.55. The van der Waals surface area contributed by atoms with Gasteiger partial charge in [0.05, 0.1) is 13.7 Å². The molecule has 138 valence electrons. The van der Waals surface area contributed by atoms with Crippen LogP contribution < -0.4 is 15.4 Å². The summed E-state index contributed by atoms with van der Waals surface area (Å²) in [5.41, 5.74) is 1.09. The highest BCUT2D eigenvalue weighted by Gasteiger charge is 2.04. The number of aryl methyl sites for hydroxylation is 1. The van der Waals surface area contributed by atoms with Crippen LogP contribution in [0.2, 0.25) is 0 Å². The van der Waals surface area contributed by atoms with Crippen LogP contribution in [0.1, 0.15) is 22.4 Å². The Balaban J connectivity index is 0.00000312. The number of phenolic OH excluding ortho intramolecular Hbond substituents is 1. The van der Waals surface area contributed by atoms with E-state index in [1.54, 1.807) is 24.5 Å². The second kappa shape index (κ2) is 11.1. The first kappa shape index (κ1) is 21.5. The average Bonchev–Trinajstić information content (AvgIpc) is 2.99. The summed E-state index contributed by atoms with van der Waals surface area (Å²) < 4.78 is 5.13. The summed E-state index contributed by atoms with van der Waals surface area (Å²) in [5.74, 6) is 1.42. The Morgan fingerprint density at radius 3 is 2.80 bits per heavy atom. The minimum Gasteiger partial charge on any atom is -0.504 e. The number of guanidine groups is 1. The number of methoxy groups -OCH3 is 1. The molecule has 8 heteroatoms. The minimum atomic E-state index is 0. The van der Waals surface area contributed by atoms with Gasteiger partial charge < -0.3 is 20.5 Å². The fourth-order valence-corrected chi connectivity index (χ4v) is 2.88. The number of nitrogens with one attached hydrogen (secondary N) is 2. The molecule has 0 saturated heterocycles. The van der Waals surface area contributed by atoms with E-state index < -0.39 is 0 Å². The molecule has 0 aliphatic rings.